The number of anilines is 3. The topological polar surface area (TPSA) is 88.5 Å². The molecule has 29 heavy (non-hydrogen) atoms. The van der Waals surface area contributed by atoms with E-state index in [9.17, 15) is 5.11 Å². The molecule has 0 saturated heterocycles. The highest BCUT2D eigenvalue weighted by atomic mass is 16.3. The highest BCUT2D eigenvalue weighted by Crippen LogP contribution is 2.45. The second kappa shape index (κ2) is 6.60. The molecule has 6 heteroatoms. The van der Waals surface area contributed by atoms with Crippen molar-refractivity contribution in [2.24, 2.45) is 0 Å². The molecule has 0 unspecified atom stereocenters. The number of aromatic nitrogens is 3. The Hall–Kier alpha value is -3.38. The zero-order valence-corrected chi connectivity index (χ0v) is 16.2. The second-order valence-electron chi connectivity index (χ2n) is 8.02. The van der Waals surface area contributed by atoms with E-state index in [0.717, 1.165) is 34.0 Å². The van der Waals surface area contributed by atoms with Crippen molar-refractivity contribution >= 4 is 22.7 Å². The lowest BCUT2D eigenvalue weighted by Gasteiger charge is -2.40. The number of hydrogen-bond donors (Lipinski definition) is 3. The van der Waals surface area contributed by atoms with Crippen LogP contribution in [0.25, 0.3) is 16.8 Å². The molecule has 0 bridgehead atoms. The first-order valence-electron chi connectivity index (χ1n) is 9.77. The Morgan fingerprint density at radius 3 is 2.62 bits per heavy atom. The van der Waals surface area contributed by atoms with E-state index in [0.29, 0.717) is 18.7 Å². The molecular weight excluding hydrogens is 362 g/mol. The van der Waals surface area contributed by atoms with E-state index in [1.54, 1.807) is 6.20 Å². The average molecular weight is 385 g/mol. The summed E-state index contributed by atoms with van der Waals surface area (Å²) in [5, 5.41) is 13.6. The van der Waals surface area contributed by atoms with Crippen molar-refractivity contribution in [2.45, 2.75) is 31.3 Å². The predicted octanol–water partition coefficient (Wildman–Crippen LogP) is 4.35. The Balaban J connectivity index is 1.58. The molecule has 6 nitrogen and oxygen atoms in total. The van der Waals surface area contributed by atoms with Crippen LogP contribution in [0.5, 0.6) is 0 Å². The van der Waals surface area contributed by atoms with E-state index in [4.69, 9.17) is 10.7 Å². The van der Waals surface area contributed by atoms with Gasteiger partial charge >= 0.3 is 0 Å². The Bertz CT molecular complexity index is 1170. The smallest absolute Gasteiger partial charge is 0.150 e. The summed E-state index contributed by atoms with van der Waals surface area (Å²) in [4.78, 5) is 9.24. The minimum atomic E-state index is -0.616. The molecule has 0 radical (unpaired) electrons. The number of nitrogens with two attached hydrogens (primary N) is 1. The summed E-state index contributed by atoms with van der Waals surface area (Å²) in [6, 6.07) is 18.2. The van der Waals surface area contributed by atoms with Crippen LogP contribution in [-0.4, -0.2) is 25.1 Å². The van der Waals surface area contributed by atoms with Gasteiger partial charge in [0.25, 0.3) is 0 Å². The quantitative estimate of drug-likeness (QED) is 0.486. The maximum Gasteiger partial charge on any atom is 0.150 e. The lowest BCUT2D eigenvalue weighted by Crippen LogP contribution is -2.40. The molecule has 2 heterocycles. The Labute approximate surface area is 169 Å². The van der Waals surface area contributed by atoms with Gasteiger partial charge in [-0.3, -0.25) is 4.40 Å². The third kappa shape index (κ3) is 3.21. The van der Waals surface area contributed by atoms with E-state index in [2.05, 4.69) is 16.4 Å². The molecule has 2 aromatic heterocycles. The summed E-state index contributed by atoms with van der Waals surface area (Å²) >= 11 is 0. The number of imidazole rings is 1. The summed E-state index contributed by atoms with van der Waals surface area (Å²) in [6.07, 6.45) is 4.99. The van der Waals surface area contributed by atoms with E-state index < -0.39 is 5.60 Å². The molecule has 2 aromatic carbocycles. The zero-order chi connectivity index (χ0) is 20.0. The lowest BCUT2D eigenvalue weighted by molar-refractivity contribution is -0.0335. The first-order chi connectivity index (χ1) is 14.0. The molecule has 0 atom stereocenters. The number of benzene rings is 2. The maximum absolute atomic E-state index is 10.2. The summed E-state index contributed by atoms with van der Waals surface area (Å²) < 4.78 is 2.02. The standard InChI is InChI=1S/C23H23N5O/c1-23(29)13-16(14-23)22-27-19(20-21(24)25-10-11-28(20)22)15-6-5-9-18(12-15)26-17-7-3-2-4-8-17/h2-12,16,26,29H,13-14H2,1H3,(H2,24,25)/t16-,23+. The van der Waals surface area contributed by atoms with Crippen LogP contribution in [-0.2, 0) is 0 Å². The number of nitrogens with one attached hydrogen (secondary N) is 1. The number of nitrogens with zero attached hydrogens (tertiary/aromatic N) is 3. The first-order valence-corrected chi connectivity index (χ1v) is 9.77. The van der Waals surface area contributed by atoms with Crippen molar-refractivity contribution in [1.82, 2.24) is 14.4 Å². The van der Waals surface area contributed by atoms with E-state index in [1.165, 1.54) is 0 Å². The van der Waals surface area contributed by atoms with Crippen LogP contribution in [0, 0.1) is 0 Å². The number of rotatable bonds is 4. The van der Waals surface area contributed by atoms with Gasteiger partial charge in [-0.15, -0.1) is 0 Å². The van der Waals surface area contributed by atoms with Crippen LogP contribution in [0.4, 0.5) is 17.2 Å². The highest BCUT2D eigenvalue weighted by Gasteiger charge is 2.41. The van der Waals surface area contributed by atoms with Gasteiger partial charge in [0.2, 0.25) is 0 Å². The van der Waals surface area contributed by atoms with E-state index in [-0.39, 0.29) is 5.92 Å². The Morgan fingerprint density at radius 1 is 1.10 bits per heavy atom. The van der Waals surface area contributed by atoms with Gasteiger partial charge in [-0.25, -0.2) is 9.97 Å². The summed E-state index contributed by atoms with van der Waals surface area (Å²) in [5.74, 6) is 1.59. The molecule has 0 amide bonds. The fourth-order valence-electron chi connectivity index (χ4n) is 4.19. The van der Waals surface area contributed by atoms with Gasteiger partial charge in [0.15, 0.2) is 0 Å². The molecule has 5 rings (SSSR count). The van der Waals surface area contributed by atoms with Crippen LogP contribution in [0.2, 0.25) is 0 Å². The number of fused-ring (bicyclic) bond motifs is 1. The van der Waals surface area contributed by atoms with Crippen LogP contribution >= 0.6 is 0 Å². The Morgan fingerprint density at radius 2 is 1.86 bits per heavy atom. The normalized spacial score (nSPS) is 21.1. The number of nitrogen functional groups attached to an aromatic ring is 1. The van der Waals surface area contributed by atoms with Gasteiger partial charge in [0.05, 0.1) is 5.60 Å². The molecule has 0 aliphatic heterocycles. The maximum atomic E-state index is 10.2. The van der Waals surface area contributed by atoms with Gasteiger partial charge in [-0.1, -0.05) is 30.3 Å². The minimum Gasteiger partial charge on any atom is -0.390 e. The lowest BCUT2D eigenvalue weighted by atomic mass is 9.72. The van der Waals surface area contributed by atoms with Gasteiger partial charge in [0, 0.05) is 35.2 Å². The minimum absolute atomic E-state index is 0.207. The first kappa shape index (κ1) is 17.7. The summed E-state index contributed by atoms with van der Waals surface area (Å²) in [5.41, 5.74) is 10.2. The van der Waals surface area contributed by atoms with Gasteiger partial charge in [-0.2, -0.15) is 0 Å². The fraction of sp³-hybridized carbons (Fsp3) is 0.217. The third-order valence-corrected chi connectivity index (χ3v) is 5.55. The summed E-state index contributed by atoms with van der Waals surface area (Å²) in [6.45, 7) is 1.87. The molecule has 0 spiro atoms. The molecule has 4 N–H and O–H groups in total. The second-order valence-corrected chi connectivity index (χ2v) is 8.02. The molecule has 1 fully saturated rings. The molecule has 4 aromatic rings. The summed E-state index contributed by atoms with van der Waals surface area (Å²) in [7, 11) is 0. The Kier molecular flexibility index (Phi) is 4.03. The zero-order valence-electron chi connectivity index (χ0n) is 16.2. The van der Waals surface area contributed by atoms with Crippen LogP contribution < -0.4 is 11.1 Å². The third-order valence-electron chi connectivity index (χ3n) is 5.55. The molecular formula is C23H23N5O. The molecule has 1 aliphatic rings. The number of hydrogen-bond acceptors (Lipinski definition) is 5. The highest BCUT2D eigenvalue weighted by molar-refractivity contribution is 5.86. The average Bonchev–Trinajstić information content (AvgIpc) is 3.08. The van der Waals surface area contributed by atoms with Gasteiger partial charge in [0.1, 0.15) is 22.9 Å². The fourth-order valence-corrected chi connectivity index (χ4v) is 4.19. The SMILES string of the molecule is C[C@]1(O)C[C@@H](c2nc(-c3cccc(Nc4ccccc4)c3)c3c(N)nccn32)C1. The van der Waals surface area contributed by atoms with Crippen molar-refractivity contribution < 1.29 is 5.11 Å². The monoisotopic (exact) mass is 385 g/mol. The molecule has 146 valence electrons. The van der Waals surface area contributed by atoms with Crippen LogP contribution in [0.15, 0.2) is 67.0 Å². The van der Waals surface area contributed by atoms with Crippen molar-refractivity contribution in [2.75, 3.05) is 11.1 Å². The van der Waals surface area contributed by atoms with Crippen molar-refractivity contribution in [3.05, 3.63) is 72.8 Å². The predicted molar refractivity (Wildman–Crippen MR) is 115 cm³/mol. The van der Waals surface area contributed by atoms with E-state index >= 15 is 0 Å². The molecule has 1 saturated carbocycles. The van der Waals surface area contributed by atoms with Crippen LogP contribution in [0.3, 0.4) is 0 Å². The number of para-hydroxylation sites is 1. The largest absolute Gasteiger partial charge is 0.390 e. The van der Waals surface area contributed by atoms with E-state index in [1.807, 2.05) is 66.1 Å². The van der Waals surface area contributed by atoms with Crippen molar-refractivity contribution in [3.8, 4) is 11.3 Å². The van der Waals surface area contributed by atoms with Gasteiger partial charge < -0.3 is 16.2 Å². The van der Waals surface area contributed by atoms with Crippen molar-refractivity contribution in [3.63, 3.8) is 0 Å². The number of aliphatic hydroxyl groups is 1. The van der Waals surface area contributed by atoms with Gasteiger partial charge in [-0.05, 0) is 44.0 Å². The molecule has 1 aliphatic carbocycles. The van der Waals surface area contributed by atoms with Crippen molar-refractivity contribution in [1.29, 1.82) is 0 Å². The van der Waals surface area contributed by atoms with Crippen LogP contribution in [0.1, 0.15) is 31.5 Å².